The number of benzene rings is 1. The van der Waals surface area contributed by atoms with Crippen LogP contribution in [0.5, 0.6) is 0 Å². The Hall–Kier alpha value is -1.66. The second-order valence-electron chi connectivity index (χ2n) is 5.37. The molecule has 2 heterocycles. The summed E-state index contributed by atoms with van der Waals surface area (Å²) in [6.07, 6.45) is 2.06. The van der Waals surface area contributed by atoms with Crippen LogP contribution in [0.25, 0.3) is 11.4 Å². The van der Waals surface area contributed by atoms with E-state index < -0.39 is 0 Å². The van der Waals surface area contributed by atoms with Gasteiger partial charge in [-0.05, 0) is 54.3 Å². The highest BCUT2D eigenvalue weighted by molar-refractivity contribution is 6.33. The number of halogens is 1. The maximum Gasteiger partial charge on any atom is 0.182 e. The largest absolute Gasteiger partial charge is 0.398 e. The van der Waals surface area contributed by atoms with E-state index in [1.54, 1.807) is 12.1 Å². The number of nitrogens with two attached hydrogens (primary N) is 1. The topological polar surface area (TPSA) is 78.8 Å². The zero-order valence-electron chi connectivity index (χ0n) is 11.9. The molecule has 0 saturated carbocycles. The highest BCUT2D eigenvalue weighted by Crippen LogP contribution is 2.31. The van der Waals surface area contributed by atoms with Crippen LogP contribution >= 0.6 is 11.6 Å². The molecule has 1 fully saturated rings. The Kier molecular flexibility index (Phi) is 4.07. The molecular weight excluding hydrogens is 290 g/mol. The molecule has 0 amide bonds. The van der Waals surface area contributed by atoms with Crippen LogP contribution in [-0.4, -0.2) is 33.4 Å². The van der Waals surface area contributed by atoms with Gasteiger partial charge in [0.15, 0.2) is 5.82 Å². The lowest BCUT2D eigenvalue weighted by Crippen LogP contribution is -2.25. The fourth-order valence-electron chi connectivity index (χ4n) is 2.74. The molecule has 1 aliphatic rings. The minimum Gasteiger partial charge on any atom is -0.398 e. The van der Waals surface area contributed by atoms with Crippen molar-refractivity contribution in [2.75, 3.05) is 18.9 Å². The summed E-state index contributed by atoms with van der Waals surface area (Å²) < 4.78 is 7.29. The zero-order valence-corrected chi connectivity index (χ0v) is 12.6. The molecule has 0 radical (unpaired) electrons. The molecule has 1 aromatic carbocycles. The average Bonchev–Trinajstić information content (AvgIpc) is 2.99. The van der Waals surface area contributed by atoms with Crippen molar-refractivity contribution in [2.45, 2.75) is 25.8 Å². The zero-order chi connectivity index (χ0) is 14.8. The standard InChI is InChI=1S/C14H18ClN5O/c1-9(10-4-6-21-7-5-10)20-14(17-18-19-20)11-2-3-12(15)13(16)8-11/h2-3,8-10H,4-7,16H2,1H3. The fourth-order valence-corrected chi connectivity index (χ4v) is 2.86. The van der Waals surface area contributed by atoms with Gasteiger partial charge in [0.05, 0.1) is 16.8 Å². The second kappa shape index (κ2) is 5.99. The molecule has 3 rings (SSSR count). The number of nitrogens with zero attached hydrogens (tertiary/aromatic N) is 4. The Morgan fingerprint density at radius 3 is 2.86 bits per heavy atom. The van der Waals surface area contributed by atoms with Gasteiger partial charge >= 0.3 is 0 Å². The highest BCUT2D eigenvalue weighted by Gasteiger charge is 2.25. The molecule has 1 saturated heterocycles. The lowest BCUT2D eigenvalue weighted by molar-refractivity contribution is 0.0495. The quantitative estimate of drug-likeness (QED) is 0.882. The summed E-state index contributed by atoms with van der Waals surface area (Å²) >= 11 is 5.97. The Morgan fingerprint density at radius 1 is 1.38 bits per heavy atom. The van der Waals surface area contributed by atoms with Crippen molar-refractivity contribution in [1.29, 1.82) is 0 Å². The van der Waals surface area contributed by atoms with Gasteiger partial charge < -0.3 is 10.5 Å². The molecule has 2 aromatic rings. The summed E-state index contributed by atoms with van der Waals surface area (Å²) in [6.45, 7) is 3.76. The van der Waals surface area contributed by atoms with E-state index in [9.17, 15) is 0 Å². The van der Waals surface area contributed by atoms with Crippen LogP contribution in [0.3, 0.4) is 0 Å². The van der Waals surface area contributed by atoms with E-state index in [1.165, 1.54) is 0 Å². The Balaban J connectivity index is 1.90. The number of ether oxygens (including phenoxy) is 1. The number of nitrogen functional groups attached to an aromatic ring is 1. The lowest BCUT2D eigenvalue weighted by Gasteiger charge is -2.28. The summed E-state index contributed by atoms with van der Waals surface area (Å²) in [5.74, 6) is 1.24. The minimum absolute atomic E-state index is 0.218. The molecule has 1 atom stereocenters. The van der Waals surface area contributed by atoms with E-state index in [0.29, 0.717) is 16.6 Å². The Morgan fingerprint density at radius 2 is 2.14 bits per heavy atom. The van der Waals surface area contributed by atoms with E-state index in [4.69, 9.17) is 22.1 Å². The number of hydrogen-bond donors (Lipinski definition) is 1. The third-order valence-electron chi connectivity index (χ3n) is 4.08. The predicted octanol–water partition coefficient (Wildman–Crippen LogP) is 2.56. The number of hydrogen-bond acceptors (Lipinski definition) is 5. The summed E-state index contributed by atoms with van der Waals surface area (Å²) in [6, 6.07) is 5.68. The van der Waals surface area contributed by atoms with E-state index in [2.05, 4.69) is 22.4 Å². The van der Waals surface area contributed by atoms with Crippen LogP contribution < -0.4 is 5.73 Å². The summed E-state index contributed by atoms with van der Waals surface area (Å²) in [4.78, 5) is 0. The highest BCUT2D eigenvalue weighted by atomic mass is 35.5. The van der Waals surface area contributed by atoms with Gasteiger partial charge in [0, 0.05) is 18.8 Å². The maximum absolute atomic E-state index is 5.97. The minimum atomic E-state index is 0.218. The van der Waals surface area contributed by atoms with Crippen molar-refractivity contribution in [2.24, 2.45) is 5.92 Å². The van der Waals surface area contributed by atoms with Crippen LogP contribution in [-0.2, 0) is 4.74 Å². The second-order valence-corrected chi connectivity index (χ2v) is 5.78. The third-order valence-corrected chi connectivity index (χ3v) is 4.43. The number of rotatable bonds is 3. The molecule has 7 heteroatoms. The first-order valence-electron chi connectivity index (χ1n) is 7.08. The molecule has 1 aromatic heterocycles. The van der Waals surface area contributed by atoms with Gasteiger partial charge in [0.2, 0.25) is 0 Å². The fraction of sp³-hybridized carbons (Fsp3) is 0.500. The van der Waals surface area contributed by atoms with Gasteiger partial charge in [-0.3, -0.25) is 0 Å². The smallest absolute Gasteiger partial charge is 0.182 e. The van der Waals surface area contributed by atoms with Crippen LogP contribution in [0.1, 0.15) is 25.8 Å². The summed E-state index contributed by atoms with van der Waals surface area (Å²) in [5, 5.41) is 12.7. The molecule has 6 nitrogen and oxygen atoms in total. The van der Waals surface area contributed by atoms with Crippen molar-refractivity contribution in [3.05, 3.63) is 23.2 Å². The maximum atomic E-state index is 5.97. The molecule has 0 aliphatic carbocycles. The van der Waals surface area contributed by atoms with E-state index in [-0.39, 0.29) is 6.04 Å². The first kappa shape index (κ1) is 14.3. The first-order chi connectivity index (χ1) is 10.2. The van der Waals surface area contributed by atoms with Crippen molar-refractivity contribution in [1.82, 2.24) is 20.2 Å². The molecule has 1 aliphatic heterocycles. The predicted molar refractivity (Wildman–Crippen MR) is 80.9 cm³/mol. The van der Waals surface area contributed by atoms with Gasteiger partial charge in [0.1, 0.15) is 0 Å². The summed E-state index contributed by atoms with van der Waals surface area (Å²) in [7, 11) is 0. The molecule has 2 N–H and O–H groups in total. The van der Waals surface area contributed by atoms with Gasteiger partial charge in [0.25, 0.3) is 0 Å². The Labute approximate surface area is 128 Å². The molecule has 0 spiro atoms. The van der Waals surface area contributed by atoms with Gasteiger partial charge in [-0.15, -0.1) is 5.10 Å². The van der Waals surface area contributed by atoms with E-state index in [0.717, 1.165) is 37.4 Å². The molecule has 21 heavy (non-hydrogen) atoms. The normalized spacial score (nSPS) is 17.8. The number of aromatic nitrogens is 4. The van der Waals surface area contributed by atoms with Crippen molar-refractivity contribution in [3.8, 4) is 11.4 Å². The van der Waals surface area contributed by atoms with Crippen LogP contribution in [0.15, 0.2) is 18.2 Å². The molecule has 0 bridgehead atoms. The van der Waals surface area contributed by atoms with Gasteiger partial charge in [-0.25, -0.2) is 4.68 Å². The lowest BCUT2D eigenvalue weighted by atomic mass is 9.93. The summed E-state index contributed by atoms with van der Waals surface area (Å²) in [5.41, 5.74) is 7.28. The number of anilines is 1. The Bertz CT molecular complexity index is 624. The van der Waals surface area contributed by atoms with Gasteiger partial charge in [-0.2, -0.15) is 0 Å². The van der Waals surface area contributed by atoms with E-state index >= 15 is 0 Å². The average molecular weight is 308 g/mol. The van der Waals surface area contributed by atoms with Crippen molar-refractivity contribution in [3.63, 3.8) is 0 Å². The van der Waals surface area contributed by atoms with Crippen molar-refractivity contribution >= 4 is 17.3 Å². The van der Waals surface area contributed by atoms with Crippen LogP contribution in [0, 0.1) is 5.92 Å². The van der Waals surface area contributed by atoms with Crippen LogP contribution in [0.2, 0.25) is 5.02 Å². The van der Waals surface area contributed by atoms with Crippen molar-refractivity contribution < 1.29 is 4.74 Å². The van der Waals surface area contributed by atoms with Crippen LogP contribution in [0.4, 0.5) is 5.69 Å². The molecule has 1 unspecified atom stereocenters. The van der Waals surface area contributed by atoms with E-state index in [1.807, 2.05) is 10.7 Å². The van der Waals surface area contributed by atoms with Gasteiger partial charge in [-0.1, -0.05) is 11.6 Å². The monoisotopic (exact) mass is 307 g/mol. The SMILES string of the molecule is CC(C1CCOCC1)n1nnnc1-c1ccc(Cl)c(N)c1. The first-order valence-corrected chi connectivity index (χ1v) is 7.45. The molecular formula is C14H18ClN5O. The third kappa shape index (κ3) is 2.87. The number of tetrazole rings is 1. The molecule has 112 valence electrons.